The van der Waals surface area contributed by atoms with E-state index >= 15 is 0 Å². The van der Waals surface area contributed by atoms with Crippen LogP contribution in [-0.4, -0.2) is 25.2 Å². The zero-order valence-electron chi connectivity index (χ0n) is 19.7. The molecule has 0 saturated carbocycles. The summed E-state index contributed by atoms with van der Waals surface area (Å²) >= 11 is 0. The van der Waals surface area contributed by atoms with Gasteiger partial charge in [-0.05, 0) is 56.0 Å². The van der Waals surface area contributed by atoms with Crippen molar-refractivity contribution in [3.63, 3.8) is 0 Å². The number of amides is 2. The molecule has 7 nitrogen and oxygen atoms in total. The summed E-state index contributed by atoms with van der Waals surface area (Å²) in [5.41, 5.74) is 3.95. The summed E-state index contributed by atoms with van der Waals surface area (Å²) in [6.45, 7) is 8.80. The molecule has 1 heterocycles. The first kappa shape index (κ1) is 24.2. The van der Waals surface area contributed by atoms with Gasteiger partial charge in [-0.25, -0.2) is 9.59 Å². The van der Waals surface area contributed by atoms with Crippen LogP contribution in [-0.2, 0) is 16.1 Å². The number of carbonyl (C=O) groups is 2. The van der Waals surface area contributed by atoms with Crippen molar-refractivity contribution in [2.24, 2.45) is 0 Å². The molecule has 176 valence electrons. The maximum Gasteiger partial charge on any atom is 0.338 e. The Morgan fingerprint density at radius 2 is 1.79 bits per heavy atom. The monoisotopic (exact) mass is 452 g/mol. The summed E-state index contributed by atoms with van der Waals surface area (Å²) in [6, 6.07) is 12.5. The second-order valence-electron chi connectivity index (χ2n) is 7.75. The van der Waals surface area contributed by atoms with Crippen molar-refractivity contribution in [3.05, 3.63) is 70.4 Å². The Labute approximate surface area is 195 Å². The number of hydrogen-bond acceptors (Lipinski definition) is 5. The van der Waals surface area contributed by atoms with Crippen molar-refractivity contribution >= 4 is 12.0 Å². The molecule has 2 aromatic rings. The minimum Gasteiger partial charge on any atom is -0.490 e. The predicted octanol–water partition coefficient (Wildman–Crippen LogP) is 4.94. The van der Waals surface area contributed by atoms with Gasteiger partial charge in [0.05, 0.1) is 24.8 Å². The average Bonchev–Trinajstić information content (AvgIpc) is 2.79. The van der Waals surface area contributed by atoms with Crippen LogP contribution in [0.2, 0.25) is 0 Å². The molecule has 1 aliphatic rings. The molecule has 0 bridgehead atoms. The van der Waals surface area contributed by atoms with Crippen molar-refractivity contribution in [1.29, 1.82) is 0 Å². The molecule has 0 aliphatic carbocycles. The van der Waals surface area contributed by atoms with Crippen LogP contribution in [0, 0.1) is 6.92 Å². The highest BCUT2D eigenvalue weighted by molar-refractivity contribution is 5.95. The normalized spacial score (nSPS) is 15.5. The summed E-state index contributed by atoms with van der Waals surface area (Å²) in [6.07, 6.45) is 1.34. The van der Waals surface area contributed by atoms with Crippen LogP contribution in [0.3, 0.4) is 0 Å². The number of ether oxygens (including phenoxy) is 3. The summed E-state index contributed by atoms with van der Waals surface area (Å²) in [4.78, 5) is 25.2. The molecule has 0 saturated heterocycles. The summed E-state index contributed by atoms with van der Waals surface area (Å²) in [7, 11) is 0. The van der Waals surface area contributed by atoms with Gasteiger partial charge in [-0.2, -0.15) is 0 Å². The molecule has 1 aliphatic heterocycles. The molecule has 1 atom stereocenters. The smallest absolute Gasteiger partial charge is 0.338 e. The van der Waals surface area contributed by atoms with Gasteiger partial charge in [-0.15, -0.1) is 0 Å². The predicted molar refractivity (Wildman–Crippen MR) is 126 cm³/mol. The molecule has 2 amide bonds. The fraction of sp³-hybridized carbons (Fsp3) is 0.385. The zero-order valence-corrected chi connectivity index (χ0v) is 19.7. The molecule has 0 fully saturated rings. The number of esters is 1. The maximum atomic E-state index is 12.8. The first-order valence-corrected chi connectivity index (χ1v) is 11.4. The number of allylic oxidation sites excluding steroid dienone is 1. The average molecular weight is 453 g/mol. The van der Waals surface area contributed by atoms with E-state index in [-0.39, 0.29) is 12.6 Å². The second-order valence-corrected chi connectivity index (χ2v) is 7.75. The molecule has 0 spiro atoms. The Bertz CT molecular complexity index is 1030. The van der Waals surface area contributed by atoms with E-state index in [0.717, 1.165) is 17.5 Å². The molecule has 0 radical (unpaired) electrons. The molecule has 2 aromatic carbocycles. The largest absolute Gasteiger partial charge is 0.490 e. The molecule has 33 heavy (non-hydrogen) atoms. The van der Waals surface area contributed by atoms with Gasteiger partial charge >= 0.3 is 12.0 Å². The summed E-state index contributed by atoms with van der Waals surface area (Å²) in [5, 5.41) is 5.63. The lowest BCUT2D eigenvalue weighted by molar-refractivity contribution is -0.139. The fourth-order valence-corrected chi connectivity index (χ4v) is 3.78. The quantitative estimate of drug-likeness (QED) is 0.499. The maximum absolute atomic E-state index is 12.8. The lowest BCUT2D eigenvalue weighted by Crippen LogP contribution is -2.46. The Morgan fingerprint density at radius 1 is 1.00 bits per heavy atom. The third-order valence-corrected chi connectivity index (χ3v) is 5.39. The van der Waals surface area contributed by atoms with Gasteiger partial charge in [0.2, 0.25) is 0 Å². The number of hydrogen-bond donors (Lipinski definition) is 2. The second kappa shape index (κ2) is 11.4. The molecular formula is C26H32N2O5. The van der Waals surface area contributed by atoms with E-state index in [1.165, 1.54) is 0 Å². The Kier molecular flexibility index (Phi) is 8.35. The van der Waals surface area contributed by atoms with Crippen molar-refractivity contribution in [3.8, 4) is 11.5 Å². The van der Waals surface area contributed by atoms with Crippen molar-refractivity contribution in [2.75, 3.05) is 13.2 Å². The minimum absolute atomic E-state index is 0.248. The number of rotatable bonds is 10. The highest BCUT2D eigenvalue weighted by Gasteiger charge is 2.33. The number of nitrogens with one attached hydrogen (secondary N) is 2. The Hall–Kier alpha value is -3.48. The lowest BCUT2D eigenvalue weighted by atomic mass is 9.93. The summed E-state index contributed by atoms with van der Waals surface area (Å²) < 4.78 is 17.2. The van der Waals surface area contributed by atoms with E-state index in [1.807, 2.05) is 63.2 Å². The van der Waals surface area contributed by atoms with Crippen LogP contribution in [0.4, 0.5) is 4.79 Å². The van der Waals surface area contributed by atoms with E-state index in [1.54, 1.807) is 6.92 Å². The number of benzene rings is 2. The van der Waals surface area contributed by atoms with Gasteiger partial charge in [0.1, 0.15) is 6.61 Å². The lowest BCUT2D eigenvalue weighted by Gasteiger charge is -2.29. The topological polar surface area (TPSA) is 85.9 Å². The van der Waals surface area contributed by atoms with Gasteiger partial charge in [0.15, 0.2) is 11.5 Å². The first-order chi connectivity index (χ1) is 16.0. The Morgan fingerprint density at radius 3 is 2.48 bits per heavy atom. The van der Waals surface area contributed by atoms with Crippen LogP contribution in [0.15, 0.2) is 53.7 Å². The van der Waals surface area contributed by atoms with Crippen LogP contribution >= 0.6 is 0 Å². The molecule has 7 heteroatoms. The third kappa shape index (κ3) is 5.86. The van der Waals surface area contributed by atoms with Crippen LogP contribution < -0.4 is 20.1 Å². The van der Waals surface area contributed by atoms with E-state index in [9.17, 15) is 9.59 Å². The van der Waals surface area contributed by atoms with Crippen molar-refractivity contribution in [1.82, 2.24) is 10.6 Å². The standard InChI is InChI=1S/C26H32N2O5/c1-5-10-20-23(25(29)32-7-3)24(28-26(30)27-20)18-13-14-21(22(15-18)31-6-2)33-16-19-12-9-8-11-17(19)4/h8-9,11-15,24H,5-7,10,16H2,1-4H3,(H2,27,28,30). The van der Waals surface area contributed by atoms with E-state index in [2.05, 4.69) is 10.6 Å². The van der Waals surface area contributed by atoms with E-state index in [4.69, 9.17) is 14.2 Å². The van der Waals surface area contributed by atoms with Gasteiger partial charge in [-0.3, -0.25) is 0 Å². The number of aryl methyl sites for hydroxylation is 1. The van der Waals surface area contributed by atoms with E-state index in [0.29, 0.717) is 48.0 Å². The third-order valence-electron chi connectivity index (χ3n) is 5.39. The molecule has 3 rings (SSSR count). The summed E-state index contributed by atoms with van der Waals surface area (Å²) in [5.74, 6) is 0.701. The van der Waals surface area contributed by atoms with Gasteiger partial charge in [0, 0.05) is 5.70 Å². The van der Waals surface area contributed by atoms with Crippen molar-refractivity contribution < 1.29 is 23.8 Å². The van der Waals surface area contributed by atoms with Crippen molar-refractivity contribution in [2.45, 2.75) is 53.2 Å². The molecular weight excluding hydrogens is 420 g/mol. The molecule has 0 aromatic heterocycles. The van der Waals surface area contributed by atoms with E-state index < -0.39 is 12.0 Å². The van der Waals surface area contributed by atoms with Crippen LogP contribution in [0.5, 0.6) is 11.5 Å². The number of carbonyl (C=O) groups excluding carboxylic acids is 2. The number of urea groups is 1. The van der Waals surface area contributed by atoms with Gasteiger partial charge < -0.3 is 24.8 Å². The first-order valence-electron chi connectivity index (χ1n) is 11.4. The Balaban J connectivity index is 1.95. The van der Waals surface area contributed by atoms with Gasteiger partial charge in [0.25, 0.3) is 0 Å². The SMILES string of the molecule is CCCC1=C(C(=O)OCC)C(c2ccc(OCc3ccccc3C)c(OCC)c2)NC(=O)N1. The van der Waals surface area contributed by atoms with Crippen LogP contribution in [0.1, 0.15) is 56.3 Å². The van der Waals surface area contributed by atoms with Crippen LogP contribution in [0.25, 0.3) is 0 Å². The zero-order chi connectivity index (χ0) is 23.8. The highest BCUT2D eigenvalue weighted by atomic mass is 16.5. The fourth-order valence-electron chi connectivity index (χ4n) is 3.78. The minimum atomic E-state index is -0.649. The highest BCUT2D eigenvalue weighted by Crippen LogP contribution is 2.36. The molecule has 1 unspecified atom stereocenters. The van der Waals surface area contributed by atoms with Gasteiger partial charge in [-0.1, -0.05) is 43.7 Å². The molecule has 2 N–H and O–H groups in total.